The SMILES string of the molecule is COc1cc2c(cc1OCc1ccccc1)CCN1Cc3[nH]c4cccc(F)c4c3CC21. The summed E-state index contributed by atoms with van der Waals surface area (Å²) in [5, 5.41) is 0.740. The first-order valence-corrected chi connectivity index (χ1v) is 11.1. The highest BCUT2D eigenvalue weighted by molar-refractivity contribution is 5.85. The highest BCUT2D eigenvalue weighted by Gasteiger charge is 2.35. The van der Waals surface area contributed by atoms with Crippen molar-refractivity contribution in [2.45, 2.75) is 32.0 Å². The van der Waals surface area contributed by atoms with E-state index in [-0.39, 0.29) is 11.9 Å². The van der Waals surface area contributed by atoms with Crippen LogP contribution < -0.4 is 9.47 Å². The van der Waals surface area contributed by atoms with E-state index in [0.29, 0.717) is 6.61 Å². The van der Waals surface area contributed by atoms with Crippen LogP contribution in [0.1, 0.15) is 34.0 Å². The number of methoxy groups -OCH3 is 1. The van der Waals surface area contributed by atoms with Crippen LogP contribution in [-0.4, -0.2) is 23.5 Å². The number of fused-ring (bicyclic) bond motifs is 6. The van der Waals surface area contributed by atoms with Crippen molar-refractivity contribution in [1.82, 2.24) is 9.88 Å². The van der Waals surface area contributed by atoms with Gasteiger partial charge in [0.1, 0.15) is 12.4 Å². The molecule has 0 saturated heterocycles. The average molecular weight is 429 g/mol. The monoisotopic (exact) mass is 428 g/mol. The van der Waals surface area contributed by atoms with Crippen molar-refractivity contribution in [2.24, 2.45) is 0 Å². The summed E-state index contributed by atoms with van der Waals surface area (Å²) in [5.74, 6) is 1.38. The maximum absolute atomic E-state index is 14.7. The summed E-state index contributed by atoms with van der Waals surface area (Å²) in [4.78, 5) is 5.94. The summed E-state index contributed by atoms with van der Waals surface area (Å²) in [7, 11) is 1.69. The lowest BCUT2D eigenvalue weighted by molar-refractivity contribution is 0.158. The molecule has 162 valence electrons. The van der Waals surface area contributed by atoms with Crippen LogP contribution in [0.4, 0.5) is 4.39 Å². The van der Waals surface area contributed by atoms with Crippen molar-refractivity contribution in [3.63, 3.8) is 0 Å². The molecule has 4 aromatic rings. The predicted octanol–water partition coefficient (Wildman–Crippen LogP) is 5.55. The van der Waals surface area contributed by atoms with Gasteiger partial charge in [-0.2, -0.15) is 0 Å². The lowest BCUT2D eigenvalue weighted by atomic mass is 9.85. The topological polar surface area (TPSA) is 37.5 Å². The molecule has 6 rings (SSSR count). The Balaban J connectivity index is 1.35. The summed E-state index contributed by atoms with van der Waals surface area (Å²) in [5.41, 5.74) is 6.81. The van der Waals surface area contributed by atoms with Gasteiger partial charge >= 0.3 is 0 Å². The van der Waals surface area contributed by atoms with Gasteiger partial charge in [-0.05, 0) is 59.4 Å². The van der Waals surface area contributed by atoms with E-state index in [1.165, 1.54) is 11.1 Å². The van der Waals surface area contributed by atoms with E-state index in [9.17, 15) is 4.39 Å². The lowest BCUT2D eigenvalue weighted by Gasteiger charge is -2.40. The third-order valence-electron chi connectivity index (χ3n) is 6.85. The van der Waals surface area contributed by atoms with Gasteiger partial charge in [0.15, 0.2) is 11.5 Å². The number of ether oxygens (including phenoxy) is 2. The molecule has 0 aliphatic carbocycles. The molecule has 0 saturated carbocycles. The first-order chi connectivity index (χ1) is 15.7. The van der Waals surface area contributed by atoms with Gasteiger partial charge < -0.3 is 14.5 Å². The Morgan fingerprint density at radius 1 is 1.06 bits per heavy atom. The van der Waals surface area contributed by atoms with Gasteiger partial charge in [-0.3, -0.25) is 4.90 Å². The normalized spacial score (nSPS) is 17.5. The second kappa shape index (κ2) is 7.68. The number of rotatable bonds is 4. The molecule has 32 heavy (non-hydrogen) atoms. The summed E-state index contributed by atoms with van der Waals surface area (Å²) in [6, 6.07) is 19.9. The van der Waals surface area contributed by atoms with Crippen LogP contribution in [0.5, 0.6) is 11.5 Å². The van der Waals surface area contributed by atoms with Gasteiger partial charge in [0.2, 0.25) is 0 Å². The van der Waals surface area contributed by atoms with Gasteiger partial charge in [0, 0.05) is 35.7 Å². The van der Waals surface area contributed by atoms with Crippen molar-refractivity contribution < 1.29 is 13.9 Å². The highest BCUT2D eigenvalue weighted by atomic mass is 19.1. The van der Waals surface area contributed by atoms with Gasteiger partial charge in [0.25, 0.3) is 0 Å². The highest BCUT2D eigenvalue weighted by Crippen LogP contribution is 2.44. The number of hydrogen-bond donors (Lipinski definition) is 1. The number of aromatic nitrogens is 1. The van der Waals surface area contributed by atoms with E-state index in [1.807, 2.05) is 24.3 Å². The summed E-state index contributed by atoms with van der Waals surface area (Å²) >= 11 is 0. The zero-order valence-electron chi connectivity index (χ0n) is 18.0. The molecule has 0 amide bonds. The second-order valence-electron chi connectivity index (χ2n) is 8.66. The van der Waals surface area contributed by atoms with Gasteiger partial charge in [-0.15, -0.1) is 0 Å². The van der Waals surface area contributed by atoms with Gasteiger partial charge in [0.05, 0.1) is 7.11 Å². The fourth-order valence-electron chi connectivity index (χ4n) is 5.28. The molecule has 0 spiro atoms. The molecule has 2 aliphatic heterocycles. The molecule has 4 nitrogen and oxygen atoms in total. The zero-order chi connectivity index (χ0) is 21.7. The Morgan fingerprint density at radius 2 is 1.94 bits per heavy atom. The van der Waals surface area contributed by atoms with Gasteiger partial charge in [-0.1, -0.05) is 36.4 Å². The molecule has 2 aliphatic rings. The van der Waals surface area contributed by atoms with Crippen molar-refractivity contribution in [1.29, 1.82) is 0 Å². The third kappa shape index (κ3) is 3.16. The molecule has 5 heteroatoms. The minimum Gasteiger partial charge on any atom is -0.493 e. The maximum Gasteiger partial charge on any atom is 0.161 e. The molecule has 1 aromatic heterocycles. The van der Waals surface area contributed by atoms with E-state index < -0.39 is 0 Å². The van der Waals surface area contributed by atoms with E-state index in [0.717, 1.165) is 65.2 Å². The smallest absolute Gasteiger partial charge is 0.161 e. The Bertz CT molecular complexity index is 1300. The van der Waals surface area contributed by atoms with Crippen LogP contribution in [-0.2, 0) is 26.0 Å². The van der Waals surface area contributed by atoms with E-state index in [2.05, 4.69) is 34.1 Å². The molecule has 1 unspecified atom stereocenters. The molecule has 1 N–H and O–H groups in total. The molecular formula is C27H25FN2O2. The second-order valence-corrected chi connectivity index (χ2v) is 8.66. The van der Waals surface area contributed by atoms with Crippen molar-refractivity contribution in [2.75, 3.05) is 13.7 Å². The van der Waals surface area contributed by atoms with Crippen molar-refractivity contribution in [3.8, 4) is 11.5 Å². The van der Waals surface area contributed by atoms with Crippen LogP contribution >= 0.6 is 0 Å². The van der Waals surface area contributed by atoms with E-state index in [1.54, 1.807) is 19.2 Å². The largest absolute Gasteiger partial charge is 0.493 e. The number of benzene rings is 3. The Labute approximate surface area is 186 Å². The standard InChI is InChI=1S/C27H25FN2O2/c1-31-25-14-19-18(12-26(25)32-16-17-6-3-2-4-7-17)10-11-30-15-23-20(13-24(19)30)27-21(28)8-5-9-22(27)29-23/h2-9,12,14,24,29H,10-11,13,15-16H2,1H3. The predicted molar refractivity (Wildman–Crippen MR) is 123 cm³/mol. The van der Waals surface area contributed by atoms with Crippen molar-refractivity contribution in [3.05, 3.63) is 94.4 Å². The van der Waals surface area contributed by atoms with Gasteiger partial charge in [-0.25, -0.2) is 4.39 Å². The number of H-pyrrole nitrogens is 1. The Kier molecular flexibility index (Phi) is 4.65. The fraction of sp³-hybridized carbons (Fsp3) is 0.259. The first kappa shape index (κ1) is 19.4. The Morgan fingerprint density at radius 3 is 2.78 bits per heavy atom. The van der Waals surface area contributed by atoms with Crippen molar-refractivity contribution >= 4 is 10.9 Å². The van der Waals surface area contributed by atoms with E-state index >= 15 is 0 Å². The molecule has 3 heterocycles. The van der Waals surface area contributed by atoms with Crippen LogP contribution in [0.2, 0.25) is 0 Å². The number of nitrogens with zero attached hydrogens (tertiary/aromatic N) is 1. The molecule has 3 aromatic carbocycles. The molecular weight excluding hydrogens is 403 g/mol. The molecule has 0 radical (unpaired) electrons. The summed E-state index contributed by atoms with van der Waals surface area (Å²) < 4.78 is 26.5. The Hall–Kier alpha value is -3.31. The van der Waals surface area contributed by atoms with Crippen LogP contribution in [0, 0.1) is 5.82 Å². The summed E-state index contributed by atoms with van der Waals surface area (Å²) in [6.07, 6.45) is 1.75. The first-order valence-electron chi connectivity index (χ1n) is 11.1. The van der Waals surface area contributed by atoms with Crippen LogP contribution in [0.25, 0.3) is 10.9 Å². The van der Waals surface area contributed by atoms with Crippen LogP contribution in [0.15, 0.2) is 60.7 Å². The molecule has 0 bridgehead atoms. The zero-order valence-corrected chi connectivity index (χ0v) is 18.0. The number of halogens is 1. The summed E-state index contributed by atoms with van der Waals surface area (Å²) in [6.45, 7) is 2.28. The fourth-order valence-corrected chi connectivity index (χ4v) is 5.28. The molecule has 1 atom stereocenters. The maximum atomic E-state index is 14.7. The quantitative estimate of drug-likeness (QED) is 0.463. The lowest BCUT2D eigenvalue weighted by Crippen LogP contribution is -2.39. The van der Waals surface area contributed by atoms with Crippen LogP contribution in [0.3, 0.4) is 0 Å². The number of aromatic amines is 1. The minimum absolute atomic E-state index is 0.147. The minimum atomic E-state index is -0.147. The average Bonchev–Trinajstić information content (AvgIpc) is 3.20. The third-order valence-corrected chi connectivity index (χ3v) is 6.85. The van der Waals surface area contributed by atoms with E-state index in [4.69, 9.17) is 9.47 Å². The number of hydrogen-bond acceptors (Lipinski definition) is 3. The molecule has 0 fully saturated rings. The number of nitrogens with one attached hydrogen (secondary N) is 1.